The Morgan fingerprint density at radius 3 is 2.62 bits per heavy atom. The molecule has 0 fully saturated rings. The molecule has 0 bridgehead atoms. The summed E-state index contributed by atoms with van der Waals surface area (Å²) < 4.78 is 0. The van der Waals surface area contributed by atoms with Crippen molar-refractivity contribution < 1.29 is 5.11 Å². The van der Waals surface area contributed by atoms with Crippen molar-refractivity contribution >= 4 is 29.1 Å². The Kier molecular flexibility index (Phi) is 4.47. The van der Waals surface area contributed by atoms with E-state index < -0.39 is 0 Å². The number of benzene rings is 1. The van der Waals surface area contributed by atoms with E-state index in [4.69, 9.17) is 10.8 Å². The topological polar surface area (TPSA) is 70.6 Å². The Hall–Kier alpha value is -1.88. The maximum Gasteiger partial charge on any atom is 0.184 e. The Morgan fingerprint density at radius 1 is 1.44 bits per heavy atom. The van der Waals surface area contributed by atoms with E-state index in [9.17, 15) is 0 Å². The lowest BCUT2D eigenvalue weighted by Gasteiger charge is -1.96. The van der Waals surface area contributed by atoms with Crippen LogP contribution in [0.5, 0.6) is 5.75 Å². The molecule has 1 aromatic carbocycles. The normalized spacial score (nSPS) is 11.7. The van der Waals surface area contributed by atoms with Crippen LogP contribution in [0.3, 0.4) is 0 Å². The zero-order chi connectivity index (χ0) is 12.0. The minimum atomic E-state index is 0.136. The van der Waals surface area contributed by atoms with E-state index in [0.717, 1.165) is 11.3 Å². The van der Waals surface area contributed by atoms with Crippen LogP contribution >= 0.6 is 12.2 Å². The molecule has 0 saturated carbocycles. The number of hydrogen-bond acceptors (Lipinski definition) is 3. The molecule has 16 heavy (non-hydrogen) atoms. The van der Waals surface area contributed by atoms with Crippen molar-refractivity contribution in [1.29, 1.82) is 0 Å². The third kappa shape index (κ3) is 4.56. The molecule has 0 aliphatic carbocycles. The van der Waals surface area contributed by atoms with Gasteiger partial charge in [-0.2, -0.15) is 5.10 Å². The number of nitrogens with one attached hydrogen (secondary N) is 1. The van der Waals surface area contributed by atoms with Gasteiger partial charge in [0, 0.05) is 0 Å². The molecular weight excluding hydrogens is 222 g/mol. The minimum absolute atomic E-state index is 0.136. The molecule has 1 rings (SSSR count). The molecule has 4 nitrogen and oxygen atoms in total. The molecular formula is C11H13N3OS. The van der Waals surface area contributed by atoms with Gasteiger partial charge in [0.25, 0.3) is 0 Å². The van der Waals surface area contributed by atoms with Crippen molar-refractivity contribution in [3.63, 3.8) is 0 Å². The largest absolute Gasteiger partial charge is 0.508 e. The predicted molar refractivity (Wildman–Crippen MR) is 70.2 cm³/mol. The fourth-order valence-corrected chi connectivity index (χ4v) is 1.03. The van der Waals surface area contributed by atoms with Gasteiger partial charge in [-0.25, -0.2) is 0 Å². The summed E-state index contributed by atoms with van der Waals surface area (Å²) in [6.07, 6.45) is 3.69. The fourth-order valence-electron chi connectivity index (χ4n) is 0.983. The lowest BCUT2D eigenvalue weighted by Crippen LogP contribution is -2.24. The molecule has 1 aromatic rings. The van der Waals surface area contributed by atoms with Crippen molar-refractivity contribution in [3.05, 3.63) is 35.9 Å². The van der Waals surface area contributed by atoms with Crippen LogP contribution < -0.4 is 11.2 Å². The summed E-state index contributed by atoms with van der Waals surface area (Å²) in [5.41, 5.74) is 9.45. The number of hydrogen-bond donors (Lipinski definition) is 3. The first-order valence-corrected chi connectivity index (χ1v) is 5.05. The van der Waals surface area contributed by atoms with Crippen LogP contribution in [-0.4, -0.2) is 15.9 Å². The summed E-state index contributed by atoms with van der Waals surface area (Å²) in [6.45, 7) is 1.82. The van der Waals surface area contributed by atoms with E-state index in [2.05, 4.69) is 22.7 Å². The smallest absolute Gasteiger partial charge is 0.184 e. The molecule has 5 heteroatoms. The van der Waals surface area contributed by atoms with E-state index in [-0.39, 0.29) is 10.9 Å². The molecule has 0 heterocycles. The SMILES string of the molecule is CC(/C=C/c1ccc(O)cc1)=N\NC(N)=S. The van der Waals surface area contributed by atoms with E-state index in [1.165, 1.54) is 0 Å². The van der Waals surface area contributed by atoms with E-state index in [1.807, 2.05) is 19.1 Å². The summed E-state index contributed by atoms with van der Waals surface area (Å²) in [7, 11) is 0. The van der Waals surface area contributed by atoms with Crippen LogP contribution in [0.15, 0.2) is 35.4 Å². The molecule has 0 unspecified atom stereocenters. The molecule has 0 radical (unpaired) electrons. The summed E-state index contributed by atoms with van der Waals surface area (Å²) in [5, 5.41) is 13.2. The van der Waals surface area contributed by atoms with Crippen molar-refractivity contribution in [1.82, 2.24) is 5.43 Å². The average Bonchev–Trinajstić information content (AvgIpc) is 2.25. The van der Waals surface area contributed by atoms with Gasteiger partial charge in [-0.05, 0) is 42.9 Å². The first-order valence-electron chi connectivity index (χ1n) is 4.65. The number of aromatic hydroxyl groups is 1. The van der Waals surface area contributed by atoms with Crippen LogP contribution in [0.4, 0.5) is 0 Å². The van der Waals surface area contributed by atoms with Gasteiger partial charge < -0.3 is 10.8 Å². The van der Waals surface area contributed by atoms with Crippen molar-refractivity contribution in [2.45, 2.75) is 6.92 Å². The summed E-state index contributed by atoms with van der Waals surface area (Å²) >= 11 is 4.61. The highest BCUT2D eigenvalue weighted by atomic mass is 32.1. The number of phenols is 1. The molecule has 84 valence electrons. The number of thiocarbonyl (C=S) groups is 1. The Morgan fingerprint density at radius 2 is 2.06 bits per heavy atom. The van der Waals surface area contributed by atoms with Gasteiger partial charge in [-0.15, -0.1) is 0 Å². The average molecular weight is 235 g/mol. The number of nitrogens with zero attached hydrogens (tertiary/aromatic N) is 1. The Balaban J connectivity index is 2.62. The number of allylic oxidation sites excluding steroid dienone is 1. The number of hydrazone groups is 1. The molecule has 4 N–H and O–H groups in total. The Bertz CT molecular complexity index is 423. The van der Waals surface area contributed by atoms with Gasteiger partial charge >= 0.3 is 0 Å². The van der Waals surface area contributed by atoms with Crippen molar-refractivity contribution in [2.24, 2.45) is 10.8 Å². The Labute approximate surface area is 99.5 Å². The second kappa shape index (κ2) is 5.87. The zero-order valence-electron chi connectivity index (χ0n) is 8.84. The lowest BCUT2D eigenvalue weighted by molar-refractivity contribution is 0.475. The monoisotopic (exact) mass is 235 g/mol. The first kappa shape index (κ1) is 12.2. The summed E-state index contributed by atoms with van der Waals surface area (Å²) in [5.74, 6) is 0.248. The van der Waals surface area contributed by atoms with Crippen LogP contribution in [0.1, 0.15) is 12.5 Å². The van der Waals surface area contributed by atoms with Crippen molar-refractivity contribution in [3.8, 4) is 5.75 Å². The maximum atomic E-state index is 9.09. The third-order valence-corrected chi connectivity index (χ3v) is 1.84. The molecule has 0 aliphatic rings. The van der Waals surface area contributed by atoms with Crippen LogP contribution in [0, 0.1) is 0 Å². The molecule has 0 saturated heterocycles. The standard InChI is InChI=1S/C11H13N3OS/c1-8(13-14-11(12)16)2-3-9-4-6-10(15)7-5-9/h2-7,15H,1H3,(H3,12,14,16)/b3-2+,13-8+. The van der Waals surface area contributed by atoms with Crippen molar-refractivity contribution in [2.75, 3.05) is 0 Å². The molecule has 0 atom stereocenters. The van der Waals surface area contributed by atoms with Crippen LogP contribution in [0.25, 0.3) is 6.08 Å². The fraction of sp³-hybridized carbons (Fsp3) is 0.0909. The van der Waals surface area contributed by atoms with E-state index in [0.29, 0.717) is 0 Å². The zero-order valence-corrected chi connectivity index (χ0v) is 9.66. The maximum absolute atomic E-state index is 9.09. The van der Waals surface area contributed by atoms with Crippen LogP contribution in [-0.2, 0) is 0 Å². The first-order chi connectivity index (χ1) is 7.58. The summed E-state index contributed by atoms with van der Waals surface area (Å²) in [6, 6.07) is 6.86. The molecule has 0 amide bonds. The van der Waals surface area contributed by atoms with Gasteiger partial charge in [0.15, 0.2) is 5.11 Å². The molecule has 0 spiro atoms. The highest BCUT2D eigenvalue weighted by Crippen LogP contribution is 2.10. The number of phenolic OH excluding ortho intramolecular Hbond substituents is 1. The minimum Gasteiger partial charge on any atom is -0.508 e. The second-order valence-electron chi connectivity index (χ2n) is 3.15. The van der Waals surface area contributed by atoms with Gasteiger partial charge in [0.1, 0.15) is 5.75 Å². The quantitative estimate of drug-likeness (QED) is 0.423. The van der Waals surface area contributed by atoms with Crippen LogP contribution in [0.2, 0.25) is 0 Å². The predicted octanol–water partition coefficient (Wildman–Crippen LogP) is 1.61. The third-order valence-electron chi connectivity index (χ3n) is 1.75. The van der Waals surface area contributed by atoms with E-state index >= 15 is 0 Å². The number of rotatable bonds is 3. The highest BCUT2D eigenvalue weighted by Gasteiger charge is 1.89. The lowest BCUT2D eigenvalue weighted by atomic mass is 10.2. The van der Waals surface area contributed by atoms with Gasteiger partial charge in [0.05, 0.1) is 5.71 Å². The second-order valence-corrected chi connectivity index (χ2v) is 3.59. The van der Waals surface area contributed by atoms with Gasteiger partial charge in [0.2, 0.25) is 0 Å². The molecule has 0 aromatic heterocycles. The van der Waals surface area contributed by atoms with Gasteiger partial charge in [-0.3, -0.25) is 5.43 Å². The summed E-state index contributed by atoms with van der Waals surface area (Å²) in [4.78, 5) is 0. The number of nitrogens with two attached hydrogens (primary N) is 1. The van der Waals surface area contributed by atoms with Gasteiger partial charge in [-0.1, -0.05) is 18.2 Å². The van der Waals surface area contributed by atoms with E-state index in [1.54, 1.807) is 24.3 Å². The highest BCUT2D eigenvalue weighted by molar-refractivity contribution is 7.80. The molecule has 0 aliphatic heterocycles.